The Morgan fingerprint density at radius 2 is 2.20 bits per heavy atom. The Hall–Kier alpha value is -1.20. The predicted molar refractivity (Wildman–Crippen MR) is 61.5 cm³/mol. The molecule has 0 heterocycles. The number of benzene rings is 1. The van der Waals surface area contributed by atoms with Gasteiger partial charge in [0, 0.05) is 0 Å². The molecule has 15 heavy (non-hydrogen) atoms. The van der Waals surface area contributed by atoms with Crippen LogP contribution in [0.25, 0.3) is 0 Å². The Morgan fingerprint density at radius 3 is 2.87 bits per heavy atom. The average Bonchev–Trinajstić information content (AvgIpc) is 2.26. The van der Waals surface area contributed by atoms with Crippen LogP contribution in [-0.2, 0) is 11.2 Å². The fourth-order valence-electron chi connectivity index (χ4n) is 1.11. The smallest absolute Gasteiger partial charge is 0.243 e. The number of nitrogens with two attached hydrogens (primary N) is 1. The van der Waals surface area contributed by atoms with Crippen molar-refractivity contribution >= 4 is 17.7 Å². The number of hydrogen-bond acceptors (Lipinski definition) is 4. The molecule has 0 aliphatic heterocycles. The summed E-state index contributed by atoms with van der Waals surface area (Å²) < 4.78 is 0. The highest BCUT2D eigenvalue weighted by atomic mass is 32.2. The molecule has 0 aromatic heterocycles. The van der Waals surface area contributed by atoms with E-state index < -0.39 is 0 Å². The third-order valence-electron chi connectivity index (χ3n) is 1.90. The summed E-state index contributed by atoms with van der Waals surface area (Å²) in [6, 6.07) is 7.20. The van der Waals surface area contributed by atoms with Crippen LogP contribution in [0.5, 0.6) is 5.75 Å². The molecule has 0 spiro atoms. The minimum atomic E-state index is -0.183. The number of carbonyl (C=O) groups excluding carboxylic acids is 1. The number of phenols is 1. The molecular weight excluding hydrogens is 212 g/mol. The number of amides is 1. The van der Waals surface area contributed by atoms with Crippen molar-refractivity contribution in [2.75, 3.05) is 11.5 Å². The Morgan fingerprint density at radius 1 is 1.47 bits per heavy atom. The molecule has 0 atom stereocenters. The van der Waals surface area contributed by atoms with Crippen LogP contribution in [-0.4, -0.2) is 22.5 Å². The molecule has 4 nitrogen and oxygen atoms in total. The third kappa shape index (κ3) is 4.22. The van der Waals surface area contributed by atoms with E-state index >= 15 is 0 Å². The van der Waals surface area contributed by atoms with E-state index in [1.165, 1.54) is 11.8 Å². The summed E-state index contributed by atoms with van der Waals surface area (Å²) >= 11 is 1.49. The molecule has 0 unspecified atom stereocenters. The fraction of sp³-hybridized carbons (Fsp3) is 0.300. The number of aryl methyl sites for hydroxylation is 1. The van der Waals surface area contributed by atoms with Gasteiger partial charge in [0.15, 0.2) is 0 Å². The van der Waals surface area contributed by atoms with Crippen molar-refractivity contribution in [2.45, 2.75) is 6.42 Å². The highest BCUT2D eigenvalue weighted by Gasteiger charge is 2.01. The summed E-state index contributed by atoms with van der Waals surface area (Å²) in [7, 11) is 0. The second-order valence-corrected chi connectivity index (χ2v) is 4.10. The molecular formula is C10H14N2O2S. The minimum absolute atomic E-state index is 0.183. The molecule has 0 radical (unpaired) electrons. The van der Waals surface area contributed by atoms with Crippen LogP contribution < -0.4 is 11.3 Å². The summed E-state index contributed by atoms with van der Waals surface area (Å²) in [6.45, 7) is 0. The number of hydrazine groups is 1. The lowest BCUT2D eigenvalue weighted by Crippen LogP contribution is -2.31. The lowest BCUT2D eigenvalue weighted by Gasteiger charge is -2.03. The van der Waals surface area contributed by atoms with Gasteiger partial charge < -0.3 is 5.11 Å². The zero-order valence-electron chi connectivity index (χ0n) is 8.27. The highest BCUT2D eigenvalue weighted by Crippen LogP contribution is 2.17. The van der Waals surface area contributed by atoms with Crippen molar-refractivity contribution in [3.8, 4) is 5.75 Å². The maximum Gasteiger partial charge on any atom is 0.243 e. The number of rotatable bonds is 5. The zero-order valence-corrected chi connectivity index (χ0v) is 9.09. The number of para-hydroxylation sites is 1. The van der Waals surface area contributed by atoms with Crippen LogP contribution in [0.3, 0.4) is 0 Å². The molecule has 0 aliphatic rings. The highest BCUT2D eigenvalue weighted by molar-refractivity contribution is 7.99. The second-order valence-electron chi connectivity index (χ2n) is 3.00. The van der Waals surface area contributed by atoms with E-state index in [4.69, 9.17) is 5.84 Å². The van der Waals surface area contributed by atoms with Gasteiger partial charge in [0.25, 0.3) is 0 Å². The molecule has 0 fully saturated rings. The number of hydrogen-bond donors (Lipinski definition) is 3. The molecule has 1 aromatic carbocycles. The van der Waals surface area contributed by atoms with E-state index in [-0.39, 0.29) is 5.91 Å². The van der Waals surface area contributed by atoms with Crippen molar-refractivity contribution in [1.82, 2.24) is 5.43 Å². The first-order chi connectivity index (χ1) is 7.24. The Bertz CT molecular complexity index is 331. The first-order valence-electron chi connectivity index (χ1n) is 4.58. The van der Waals surface area contributed by atoms with E-state index in [0.29, 0.717) is 11.5 Å². The van der Waals surface area contributed by atoms with Gasteiger partial charge in [0.1, 0.15) is 5.75 Å². The predicted octanol–water partition coefficient (Wildman–Crippen LogP) is 0.658. The van der Waals surface area contributed by atoms with Crippen LogP contribution in [0.1, 0.15) is 5.56 Å². The Labute approximate surface area is 92.8 Å². The first kappa shape index (κ1) is 11.9. The van der Waals surface area contributed by atoms with Crippen LogP contribution in [0, 0.1) is 0 Å². The molecule has 1 amide bonds. The third-order valence-corrected chi connectivity index (χ3v) is 2.86. The summed E-state index contributed by atoms with van der Waals surface area (Å²) in [5.74, 6) is 6.19. The average molecular weight is 226 g/mol. The molecule has 4 N–H and O–H groups in total. The number of phenolic OH excluding ortho intramolecular Hbond substituents is 1. The molecule has 1 rings (SSSR count). The van der Waals surface area contributed by atoms with Crippen LogP contribution in [0.2, 0.25) is 0 Å². The normalized spacial score (nSPS) is 9.93. The van der Waals surface area contributed by atoms with Crippen LogP contribution in [0.15, 0.2) is 24.3 Å². The molecule has 0 saturated heterocycles. The lowest BCUT2D eigenvalue weighted by atomic mass is 10.1. The van der Waals surface area contributed by atoms with Gasteiger partial charge in [-0.15, -0.1) is 0 Å². The molecule has 0 aliphatic carbocycles. The van der Waals surface area contributed by atoms with Crippen molar-refractivity contribution in [1.29, 1.82) is 0 Å². The van der Waals surface area contributed by atoms with E-state index in [2.05, 4.69) is 5.43 Å². The van der Waals surface area contributed by atoms with E-state index in [1.807, 2.05) is 12.1 Å². The number of carbonyl (C=O) groups is 1. The lowest BCUT2D eigenvalue weighted by molar-refractivity contribution is -0.118. The Kier molecular flexibility index (Phi) is 5.00. The fourth-order valence-corrected chi connectivity index (χ4v) is 1.89. The summed E-state index contributed by atoms with van der Waals surface area (Å²) in [6.07, 6.45) is 0.745. The minimum Gasteiger partial charge on any atom is -0.508 e. The van der Waals surface area contributed by atoms with Gasteiger partial charge in [-0.05, 0) is 23.8 Å². The molecule has 5 heteroatoms. The second kappa shape index (κ2) is 6.31. The van der Waals surface area contributed by atoms with Crippen molar-refractivity contribution in [2.24, 2.45) is 5.84 Å². The molecule has 0 bridgehead atoms. The first-order valence-corrected chi connectivity index (χ1v) is 5.73. The monoisotopic (exact) mass is 226 g/mol. The quantitative estimate of drug-likeness (QED) is 0.298. The topological polar surface area (TPSA) is 75.3 Å². The van der Waals surface area contributed by atoms with E-state index in [1.54, 1.807) is 12.1 Å². The maximum absolute atomic E-state index is 10.8. The van der Waals surface area contributed by atoms with Gasteiger partial charge in [-0.1, -0.05) is 18.2 Å². The van der Waals surface area contributed by atoms with Crippen LogP contribution >= 0.6 is 11.8 Å². The zero-order chi connectivity index (χ0) is 11.1. The van der Waals surface area contributed by atoms with Crippen molar-refractivity contribution in [3.63, 3.8) is 0 Å². The van der Waals surface area contributed by atoms with Gasteiger partial charge >= 0.3 is 0 Å². The van der Waals surface area contributed by atoms with Gasteiger partial charge in [0.05, 0.1) is 5.75 Å². The van der Waals surface area contributed by atoms with Gasteiger partial charge in [0.2, 0.25) is 5.91 Å². The van der Waals surface area contributed by atoms with Gasteiger partial charge in [-0.2, -0.15) is 11.8 Å². The number of nitrogens with one attached hydrogen (secondary N) is 1. The Balaban J connectivity index is 2.26. The number of thioether (sulfide) groups is 1. The van der Waals surface area contributed by atoms with Gasteiger partial charge in [-0.25, -0.2) is 5.84 Å². The van der Waals surface area contributed by atoms with Crippen molar-refractivity contribution < 1.29 is 9.90 Å². The van der Waals surface area contributed by atoms with Gasteiger partial charge in [-0.3, -0.25) is 10.2 Å². The largest absolute Gasteiger partial charge is 0.508 e. The standard InChI is InChI=1S/C10H14N2O2S/c11-12-10(14)7-15-6-5-8-3-1-2-4-9(8)13/h1-4,13H,5-7,11H2,(H,12,14). The van der Waals surface area contributed by atoms with Crippen molar-refractivity contribution in [3.05, 3.63) is 29.8 Å². The summed E-state index contributed by atoms with van der Waals surface area (Å²) in [5, 5.41) is 9.46. The van der Waals surface area contributed by atoms with Crippen LogP contribution in [0.4, 0.5) is 0 Å². The maximum atomic E-state index is 10.8. The number of aromatic hydroxyl groups is 1. The van der Waals surface area contributed by atoms with E-state index in [0.717, 1.165) is 17.7 Å². The SMILES string of the molecule is NNC(=O)CSCCc1ccccc1O. The molecule has 0 saturated carbocycles. The summed E-state index contributed by atoms with van der Waals surface area (Å²) in [5.41, 5.74) is 2.97. The molecule has 82 valence electrons. The van der Waals surface area contributed by atoms with E-state index in [9.17, 15) is 9.90 Å². The summed E-state index contributed by atoms with van der Waals surface area (Å²) in [4.78, 5) is 10.8. The molecule has 1 aromatic rings.